The van der Waals surface area contributed by atoms with Gasteiger partial charge in [0.2, 0.25) is 11.8 Å². The van der Waals surface area contributed by atoms with E-state index in [-0.39, 0.29) is 11.8 Å². The van der Waals surface area contributed by atoms with Gasteiger partial charge in [0.05, 0.1) is 31.4 Å². The summed E-state index contributed by atoms with van der Waals surface area (Å²) in [6, 6.07) is 14.4. The second kappa shape index (κ2) is 9.36. The molecule has 0 saturated carbocycles. The van der Waals surface area contributed by atoms with E-state index < -0.39 is 12.1 Å². The van der Waals surface area contributed by atoms with Crippen molar-refractivity contribution in [3.63, 3.8) is 0 Å². The van der Waals surface area contributed by atoms with Crippen molar-refractivity contribution in [2.45, 2.75) is 44.8 Å². The summed E-state index contributed by atoms with van der Waals surface area (Å²) in [5.74, 6) is 0.157. The molecule has 1 aliphatic heterocycles. The van der Waals surface area contributed by atoms with Crippen LogP contribution >= 0.6 is 0 Å². The number of nitrogens with two attached hydrogens (primary N) is 1. The van der Waals surface area contributed by atoms with E-state index in [0.717, 1.165) is 27.7 Å². The van der Waals surface area contributed by atoms with Gasteiger partial charge >= 0.3 is 0 Å². The minimum atomic E-state index is -0.647. The van der Waals surface area contributed by atoms with Crippen molar-refractivity contribution in [1.82, 2.24) is 10.3 Å². The number of anilines is 1. The van der Waals surface area contributed by atoms with Gasteiger partial charge in [-0.3, -0.25) is 14.6 Å². The Balaban J connectivity index is 1.76. The van der Waals surface area contributed by atoms with Gasteiger partial charge in [-0.2, -0.15) is 0 Å². The Kier molecular flexibility index (Phi) is 6.37. The molecule has 2 amide bonds. The van der Waals surface area contributed by atoms with Gasteiger partial charge in [-0.1, -0.05) is 43.3 Å². The molecule has 0 aliphatic carbocycles. The first-order valence-corrected chi connectivity index (χ1v) is 10.9. The Bertz CT molecular complexity index is 1150. The Morgan fingerprint density at radius 2 is 2.00 bits per heavy atom. The summed E-state index contributed by atoms with van der Waals surface area (Å²) in [6.45, 7) is 2.15. The van der Waals surface area contributed by atoms with Crippen LogP contribution in [0.3, 0.4) is 0 Å². The van der Waals surface area contributed by atoms with Gasteiger partial charge in [0, 0.05) is 16.6 Å². The van der Waals surface area contributed by atoms with Crippen LogP contribution < -0.4 is 20.7 Å². The maximum absolute atomic E-state index is 13.7. The number of pyridine rings is 1. The van der Waals surface area contributed by atoms with Crippen LogP contribution in [-0.4, -0.2) is 36.0 Å². The first-order valence-electron chi connectivity index (χ1n) is 10.9. The van der Waals surface area contributed by atoms with E-state index in [1.165, 1.54) is 0 Å². The fraction of sp³-hybridized carbons (Fsp3) is 0.320. The van der Waals surface area contributed by atoms with E-state index in [4.69, 9.17) is 10.5 Å². The van der Waals surface area contributed by atoms with Crippen LogP contribution in [0.1, 0.15) is 30.9 Å². The van der Waals surface area contributed by atoms with Crippen molar-refractivity contribution in [3.05, 3.63) is 65.9 Å². The van der Waals surface area contributed by atoms with Crippen molar-refractivity contribution < 1.29 is 14.3 Å². The van der Waals surface area contributed by atoms with Crippen LogP contribution in [0.15, 0.2) is 54.7 Å². The van der Waals surface area contributed by atoms with Gasteiger partial charge < -0.3 is 20.7 Å². The van der Waals surface area contributed by atoms with Gasteiger partial charge in [-0.15, -0.1) is 0 Å². The van der Waals surface area contributed by atoms with E-state index in [2.05, 4.69) is 10.3 Å². The molecule has 3 N–H and O–H groups in total. The number of aromatic nitrogens is 1. The molecule has 0 bridgehead atoms. The first kappa shape index (κ1) is 21.8. The van der Waals surface area contributed by atoms with Gasteiger partial charge in [-0.25, -0.2) is 0 Å². The predicted octanol–water partition coefficient (Wildman–Crippen LogP) is 2.94. The lowest BCUT2D eigenvalue weighted by Gasteiger charge is -2.28. The summed E-state index contributed by atoms with van der Waals surface area (Å²) in [5, 5.41) is 3.80. The molecule has 32 heavy (non-hydrogen) atoms. The molecule has 1 aliphatic rings. The fourth-order valence-electron chi connectivity index (χ4n) is 4.15. The molecule has 2 aromatic carbocycles. The van der Waals surface area contributed by atoms with Crippen LogP contribution in [0.2, 0.25) is 0 Å². The number of nitrogens with zero attached hydrogens (tertiary/aromatic N) is 2. The number of hydrogen-bond acceptors (Lipinski definition) is 5. The van der Waals surface area contributed by atoms with Crippen LogP contribution in [-0.2, 0) is 22.6 Å². The number of carbonyl (C=O) groups is 2. The number of rotatable bonds is 6. The fourth-order valence-corrected chi connectivity index (χ4v) is 4.15. The average molecular weight is 433 g/mol. The first-order chi connectivity index (χ1) is 15.5. The molecule has 0 saturated heterocycles. The monoisotopic (exact) mass is 432 g/mol. The molecule has 2 unspecified atom stereocenters. The van der Waals surface area contributed by atoms with E-state index in [1.807, 2.05) is 55.5 Å². The molecule has 1 aromatic heterocycles. The quantitative estimate of drug-likeness (QED) is 0.624. The van der Waals surface area contributed by atoms with Crippen LogP contribution in [0.25, 0.3) is 10.9 Å². The molecule has 3 aromatic rings. The van der Waals surface area contributed by atoms with Crippen LogP contribution in [0, 0.1) is 0 Å². The maximum atomic E-state index is 13.7. The van der Waals surface area contributed by atoms with E-state index >= 15 is 0 Å². The van der Waals surface area contributed by atoms with E-state index in [1.54, 1.807) is 18.2 Å². The highest BCUT2D eigenvalue weighted by molar-refractivity contribution is 6.01. The SMILES string of the molecule is CCC(N)C(=O)NC1CCc2ccccc2N(Cc2c(OC)cnc3ccccc23)C1=O. The highest BCUT2D eigenvalue weighted by Gasteiger charge is 2.33. The summed E-state index contributed by atoms with van der Waals surface area (Å²) in [6.07, 6.45) is 3.39. The van der Waals surface area contributed by atoms with Crippen molar-refractivity contribution in [1.29, 1.82) is 0 Å². The number of ether oxygens (including phenoxy) is 1. The summed E-state index contributed by atoms with van der Waals surface area (Å²) in [7, 11) is 1.60. The molecule has 4 rings (SSSR count). The highest BCUT2D eigenvalue weighted by atomic mass is 16.5. The molecule has 166 valence electrons. The van der Waals surface area contributed by atoms with E-state index in [9.17, 15) is 9.59 Å². The van der Waals surface area contributed by atoms with E-state index in [0.29, 0.717) is 31.6 Å². The Labute approximate surface area is 187 Å². The third kappa shape index (κ3) is 4.16. The van der Waals surface area contributed by atoms with Gasteiger partial charge in [-0.05, 0) is 37.0 Å². The number of para-hydroxylation sites is 2. The zero-order valence-electron chi connectivity index (χ0n) is 18.4. The molecular weight excluding hydrogens is 404 g/mol. The van der Waals surface area contributed by atoms with Crippen molar-refractivity contribution in [2.75, 3.05) is 12.0 Å². The minimum Gasteiger partial charge on any atom is -0.495 e. The highest BCUT2D eigenvalue weighted by Crippen LogP contribution is 2.33. The number of benzene rings is 2. The summed E-state index contributed by atoms with van der Waals surface area (Å²) in [4.78, 5) is 32.4. The normalized spacial score (nSPS) is 16.9. The largest absolute Gasteiger partial charge is 0.495 e. The van der Waals surface area contributed by atoms with Crippen LogP contribution in [0.5, 0.6) is 5.75 Å². The topological polar surface area (TPSA) is 97.6 Å². The molecule has 2 atom stereocenters. The lowest BCUT2D eigenvalue weighted by atomic mass is 10.1. The van der Waals surface area contributed by atoms with Crippen molar-refractivity contribution >= 4 is 28.4 Å². The Hall–Kier alpha value is -3.45. The molecule has 2 heterocycles. The second-order valence-electron chi connectivity index (χ2n) is 7.99. The van der Waals surface area contributed by atoms with Gasteiger partial charge in [0.15, 0.2) is 0 Å². The average Bonchev–Trinajstić information content (AvgIpc) is 2.95. The summed E-state index contributed by atoms with van der Waals surface area (Å²) < 4.78 is 5.60. The third-order valence-electron chi connectivity index (χ3n) is 6.03. The standard InChI is InChI=1S/C25H28N4O3/c1-3-19(26)24(30)28-21-13-12-16-8-4-7-11-22(16)29(25(21)31)15-18-17-9-5-6-10-20(17)27-14-23(18)32-2/h4-11,14,19,21H,3,12-13,15,26H2,1-2H3,(H,28,30). The molecule has 7 heteroatoms. The number of methoxy groups -OCH3 is 1. The molecule has 0 radical (unpaired) electrons. The Morgan fingerprint density at radius 3 is 2.78 bits per heavy atom. The third-order valence-corrected chi connectivity index (χ3v) is 6.03. The lowest BCUT2D eigenvalue weighted by Crippen LogP contribution is -2.52. The zero-order valence-corrected chi connectivity index (χ0v) is 18.4. The van der Waals surface area contributed by atoms with Gasteiger partial charge in [0.25, 0.3) is 0 Å². The number of carbonyl (C=O) groups excluding carboxylic acids is 2. The van der Waals surface area contributed by atoms with Crippen molar-refractivity contribution in [2.24, 2.45) is 5.73 Å². The Morgan fingerprint density at radius 1 is 1.25 bits per heavy atom. The second-order valence-corrected chi connectivity index (χ2v) is 7.99. The molecule has 0 spiro atoms. The van der Waals surface area contributed by atoms with Crippen molar-refractivity contribution in [3.8, 4) is 5.75 Å². The summed E-state index contributed by atoms with van der Waals surface area (Å²) >= 11 is 0. The molecule has 0 fully saturated rings. The lowest BCUT2D eigenvalue weighted by molar-refractivity contribution is -0.128. The number of hydrogen-bond donors (Lipinski definition) is 2. The molecular formula is C25H28N4O3. The number of fused-ring (bicyclic) bond motifs is 2. The predicted molar refractivity (Wildman–Crippen MR) is 124 cm³/mol. The number of nitrogens with one attached hydrogen (secondary N) is 1. The van der Waals surface area contributed by atoms with Gasteiger partial charge in [0.1, 0.15) is 11.8 Å². The number of aryl methyl sites for hydroxylation is 1. The van der Waals surface area contributed by atoms with Crippen LogP contribution in [0.4, 0.5) is 5.69 Å². The summed E-state index contributed by atoms with van der Waals surface area (Å²) in [5.41, 5.74) is 9.51. The maximum Gasteiger partial charge on any atom is 0.249 e. The molecule has 7 nitrogen and oxygen atoms in total. The minimum absolute atomic E-state index is 0.158. The number of amides is 2. The zero-order chi connectivity index (χ0) is 22.7. The smallest absolute Gasteiger partial charge is 0.249 e.